The molecule has 0 saturated carbocycles. The second-order valence-corrected chi connectivity index (χ2v) is 5.71. The molecule has 1 aliphatic rings. The van der Waals surface area contributed by atoms with E-state index in [0.717, 1.165) is 50.2 Å². The van der Waals surface area contributed by atoms with Gasteiger partial charge in [0.15, 0.2) is 5.92 Å². The highest BCUT2D eigenvalue weighted by atomic mass is 19.4. The SMILES string of the molecule is CN1CCC(Oc2ccc(C(C(F)(F)F)C(F)(F)F)cc2)CC1. The van der Waals surface area contributed by atoms with E-state index >= 15 is 0 Å². The Morgan fingerprint density at radius 1 is 0.957 bits per heavy atom. The molecule has 1 fully saturated rings. The molecule has 2 rings (SSSR count). The lowest BCUT2D eigenvalue weighted by Gasteiger charge is -2.29. The molecular formula is C15H17F6NO. The largest absolute Gasteiger partial charge is 0.490 e. The van der Waals surface area contributed by atoms with Crippen LogP contribution in [0.15, 0.2) is 24.3 Å². The summed E-state index contributed by atoms with van der Waals surface area (Å²) in [5.41, 5.74) is -0.833. The van der Waals surface area contributed by atoms with E-state index in [-0.39, 0.29) is 11.9 Å². The van der Waals surface area contributed by atoms with E-state index in [1.54, 1.807) is 0 Å². The fraction of sp³-hybridized carbons (Fsp3) is 0.600. The lowest BCUT2D eigenvalue weighted by atomic mass is 9.98. The van der Waals surface area contributed by atoms with Crippen molar-refractivity contribution in [1.29, 1.82) is 0 Å². The van der Waals surface area contributed by atoms with Crippen molar-refractivity contribution in [2.24, 2.45) is 0 Å². The lowest BCUT2D eigenvalue weighted by Crippen LogP contribution is -2.35. The van der Waals surface area contributed by atoms with Crippen molar-refractivity contribution in [3.63, 3.8) is 0 Å². The van der Waals surface area contributed by atoms with Gasteiger partial charge < -0.3 is 9.64 Å². The van der Waals surface area contributed by atoms with Gasteiger partial charge in [-0.1, -0.05) is 12.1 Å². The Morgan fingerprint density at radius 2 is 1.43 bits per heavy atom. The van der Waals surface area contributed by atoms with Crippen molar-refractivity contribution in [2.75, 3.05) is 20.1 Å². The molecule has 130 valence electrons. The molecule has 2 nitrogen and oxygen atoms in total. The van der Waals surface area contributed by atoms with Crippen molar-refractivity contribution in [2.45, 2.75) is 37.2 Å². The maximum Gasteiger partial charge on any atom is 0.404 e. The zero-order valence-corrected chi connectivity index (χ0v) is 12.4. The number of alkyl halides is 6. The van der Waals surface area contributed by atoms with Crippen molar-refractivity contribution >= 4 is 0 Å². The predicted molar refractivity (Wildman–Crippen MR) is 72.4 cm³/mol. The quantitative estimate of drug-likeness (QED) is 0.757. The fourth-order valence-electron chi connectivity index (χ4n) is 2.60. The smallest absolute Gasteiger partial charge is 0.404 e. The third-order valence-corrected chi connectivity index (χ3v) is 3.84. The Labute approximate surface area is 130 Å². The molecule has 0 atom stereocenters. The standard InChI is InChI=1S/C15H17F6NO/c1-22-8-6-12(7-9-22)23-11-4-2-10(3-5-11)13(14(16,17)18)15(19,20)21/h2-5,12-13H,6-9H2,1H3. The Morgan fingerprint density at radius 3 is 1.87 bits per heavy atom. The van der Waals surface area contributed by atoms with Crippen LogP contribution in [-0.4, -0.2) is 43.5 Å². The van der Waals surface area contributed by atoms with Gasteiger partial charge in [0.1, 0.15) is 11.9 Å². The summed E-state index contributed by atoms with van der Waals surface area (Å²) in [7, 11) is 1.97. The molecule has 8 heteroatoms. The molecule has 0 amide bonds. The van der Waals surface area contributed by atoms with Crippen LogP contribution in [0.2, 0.25) is 0 Å². The highest BCUT2D eigenvalue weighted by Crippen LogP contribution is 2.46. The van der Waals surface area contributed by atoms with Crippen LogP contribution in [-0.2, 0) is 0 Å². The summed E-state index contributed by atoms with van der Waals surface area (Å²) in [4.78, 5) is 2.13. The lowest BCUT2D eigenvalue weighted by molar-refractivity contribution is -0.253. The van der Waals surface area contributed by atoms with Gasteiger partial charge in [0, 0.05) is 13.1 Å². The first-order valence-electron chi connectivity index (χ1n) is 7.16. The van der Waals surface area contributed by atoms with Crippen LogP contribution in [0, 0.1) is 0 Å². The van der Waals surface area contributed by atoms with Crippen LogP contribution in [0.3, 0.4) is 0 Å². The Balaban J connectivity index is 2.09. The van der Waals surface area contributed by atoms with E-state index in [0.29, 0.717) is 0 Å². The van der Waals surface area contributed by atoms with Crippen LogP contribution >= 0.6 is 0 Å². The molecule has 0 bridgehead atoms. The van der Waals surface area contributed by atoms with Crippen molar-refractivity contribution in [3.8, 4) is 5.75 Å². The summed E-state index contributed by atoms with van der Waals surface area (Å²) < 4.78 is 81.6. The average Bonchev–Trinajstić information content (AvgIpc) is 2.40. The maximum atomic E-state index is 12.7. The van der Waals surface area contributed by atoms with Gasteiger partial charge in [0.05, 0.1) is 0 Å². The molecule has 0 unspecified atom stereocenters. The molecule has 1 saturated heterocycles. The van der Waals surface area contributed by atoms with Gasteiger partial charge >= 0.3 is 12.4 Å². The number of ether oxygens (including phenoxy) is 1. The molecule has 1 aromatic rings. The van der Waals surface area contributed by atoms with Crippen LogP contribution in [0.25, 0.3) is 0 Å². The van der Waals surface area contributed by atoms with Crippen LogP contribution < -0.4 is 4.74 Å². The summed E-state index contributed by atoms with van der Waals surface area (Å²) >= 11 is 0. The van der Waals surface area contributed by atoms with Gasteiger partial charge in [-0.25, -0.2) is 0 Å². The van der Waals surface area contributed by atoms with E-state index < -0.39 is 23.8 Å². The number of nitrogens with zero attached hydrogens (tertiary/aromatic N) is 1. The zero-order valence-electron chi connectivity index (χ0n) is 12.4. The molecular weight excluding hydrogens is 324 g/mol. The molecule has 1 aliphatic heterocycles. The molecule has 23 heavy (non-hydrogen) atoms. The number of likely N-dealkylation sites (tertiary alicyclic amines) is 1. The second kappa shape index (κ2) is 6.59. The average molecular weight is 341 g/mol. The number of hydrogen-bond donors (Lipinski definition) is 0. The van der Waals surface area contributed by atoms with Gasteiger partial charge in [-0.3, -0.25) is 0 Å². The number of halogens is 6. The minimum absolute atomic E-state index is 0.0712. The van der Waals surface area contributed by atoms with Crippen LogP contribution in [0.5, 0.6) is 5.75 Å². The van der Waals surface area contributed by atoms with Gasteiger partial charge in [0.25, 0.3) is 0 Å². The summed E-state index contributed by atoms with van der Waals surface area (Å²) in [6.45, 7) is 1.68. The normalized spacial score (nSPS) is 18.4. The summed E-state index contributed by atoms with van der Waals surface area (Å²) in [6.07, 6.45) is -9.29. The summed E-state index contributed by atoms with van der Waals surface area (Å²) in [6, 6.07) is 3.99. The topological polar surface area (TPSA) is 12.5 Å². The van der Waals surface area contributed by atoms with E-state index in [4.69, 9.17) is 4.74 Å². The molecule has 0 N–H and O–H groups in total. The molecule has 0 aliphatic carbocycles. The Kier molecular flexibility index (Phi) is 5.13. The Bertz CT molecular complexity index is 488. The maximum absolute atomic E-state index is 12.7. The van der Waals surface area contributed by atoms with Crippen LogP contribution in [0.1, 0.15) is 24.3 Å². The first-order chi connectivity index (χ1) is 10.6. The molecule has 0 spiro atoms. The summed E-state index contributed by atoms with van der Waals surface area (Å²) in [5, 5.41) is 0. The fourth-order valence-corrected chi connectivity index (χ4v) is 2.60. The first kappa shape index (κ1) is 17.9. The first-order valence-corrected chi connectivity index (χ1v) is 7.16. The molecule has 0 aromatic heterocycles. The van der Waals surface area contributed by atoms with E-state index in [2.05, 4.69) is 4.90 Å². The molecule has 0 radical (unpaired) electrons. The van der Waals surface area contributed by atoms with Gasteiger partial charge in [-0.05, 0) is 37.6 Å². The third kappa shape index (κ3) is 4.76. The van der Waals surface area contributed by atoms with Crippen LogP contribution in [0.4, 0.5) is 26.3 Å². The van der Waals surface area contributed by atoms with Gasteiger partial charge in [-0.15, -0.1) is 0 Å². The number of benzene rings is 1. The minimum Gasteiger partial charge on any atom is -0.490 e. The van der Waals surface area contributed by atoms with Crippen molar-refractivity contribution in [3.05, 3.63) is 29.8 Å². The number of piperidine rings is 1. The van der Waals surface area contributed by atoms with E-state index in [1.807, 2.05) is 7.05 Å². The number of rotatable bonds is 3. The van der Waals surface area contributed by atoms with E-state index in [9.17, 15) is 26.3 Å². The highest BCUT2D eigenvalue weighted by molar-refractivity contribution is 5.31. The molecule has 1 heterocycles. The Hall–Kier alpha value is -1.44. The zero-order chi connectivity index (χ0) is 17.3. The van der Waals surface area contributed by atoms with Gasteiger partial charge in [0.2, 0.25) is 0 Å². The summed E-state index contributed by atoms with van der Waals surface area (Å²) in [5.74, 6) is -3.20. The predicted octanol–water partition coefficient (Wildman–Crippen LogP) is 4.37. The minimum atomic E-state index is -5.38. The third-order valence-electron chi connectivity index (χ3n) is 3.84. The monoisotopic (exact) mass is 341 g/mol. The molecule has 1 aromatic carbocycles. The van der Waals surface area contributed by atoms with E-state index in [1.165, 1.54) is 0 Å². The number of hydrogen-bond acceptors (Lipinski definition) is 2. The highest BCUT2D eigenvalue weighted by Gasteiger charge is 2.57. The van der Waals surface area contributed by atoms with Crippen molar-refractivity contribution in [1.82, 2.24) is 4.90 Å². The second-order valence-electron chi connectivity index (χ2n) is 5.71. The van der Waals surface area contributed by atoms with Crippen molar-refractivity contribution < 1.29 is 31.1 Å². The van der Waals surface area contributed by atoms with Gasteiger partial charge in [-0.2, -0.15) is 26.3 Å².